The van der Waals surface area contributed by atoms with E-state index in [9.17, 15) is 22.8 Å². The van der Waals surface area contributed by atoms with Crippen LogP contribution in [0.5, 0.6) is 5.75 Å². The highest BCUT2D eigenvalue weighted by Crippen LogP contribution is 2.46. The minimum absolute atomic E-state index is 0.113. The fourth-order valence-electron chi connectivity index (χ4n) is 3.97. The highest BCUT2D eigenvalue weighted by Gasteiger charge is 2.28. The summed E-state index contributed by atoms with van der Waals surface area (Å²) in [6.45, 7) is 2.30. The van der Waals surface area contributed by atoms with Gasteiger partial charge in [0.25, 0.3) is 0 Å². The van der Waals surface area contributed by atoms with Gasteiger partial charge >= 0.3 is 17.9 Å². The number of hydrogen-bond acceptors (Lipinski definition) is 11. The molecule has 0 bridgehead atoms. The number of thiophene rings is 2. The Bertz CT molecular complexity index is 1480. The van der Waals surface area contributed by atoms with Crippen LogP contribution in [0.1, 0.15) is 39.1 Å². The van der Waals surface area contributed by atoms with E-state index >= 15 is 0 Å². The number of ether oxygens (including phenoxy) is 3. The number of carboxylic acids is 1. The van der Waals surface area contributed by atoms with Gasteiger partial charge in [-0.05, 0) is 64.8 Å². The van der Waals surface area contributed by atoms with Gasteiger partial charge < -0.3 is 24.6 Å². The smallest absolute Gasteiger partial charge is 0.351 e. The third kappa shape index (κ3) is 8.77. The van der Waals surface area contributed by atoms with Gasteiger partial charge in [0, 0.05) is 24.8 Å². The lowest BCUT2D eigenvalue weighted by Crippen LogP contribution is -2.42. The summed E-state index contributed by atoms with van der Waals surface area (Å²) < 4.78 is 41.3. The number of hydrogen-bond donors (Lipinski definition) is 2. The molecular formula is C27H31BrN2O9S3. The normalized spacial score (nSPS) is 13.9. The van der Waals surface area contributed by atoms with Crippen molar-refractivity contribution in [3.05, 3.63) is 56.0 Å². The number of benzene rings is 1. The standard InChI is InChI=1S/C22H27BrN2O7S2.C5H4O2S/c1-4-34(28,29)25-10-8-15(9-11-25)24-16-7-5-6-14(12-16)20-18(23)19(32-13-17(26)30-2)21(33-20)22(27)31-3;6-5(7)4-2-1-3-8-4/h5-7,12,15,24H,4,8-11,13H2,1-3H3;1-3H,(H,6,7). The Kier molecular flexibility index (Phi) is 12.4. The molecule has 0 saturated carbocycles. The van der Waals surface area contributed by atoms with Crippen LogP contribution in [0, 0.1) is 0 Å². The van der Waals surface area contributed by atoms with Crippen molar-refractivity contribution in [1.29, 1.82) is 0 Å². The van der Waals surface area contributed by atoms with Gasteiger partial charge in [-0.15, -0.1) is 22.7 Å². The molecule has 0 amide bonds. The second kappa shape index (κ2) is 15.5. The van der Waals surface area contributed by atoms with E-state index in [2.05, 4.69) is 26.0 Å². The van der Waals surface area contributed by atoms with Crippen LogP contribution in [0.15, 0.2) is 46.3 Å². The Balaban J connectivity index is 0.000000521. The van der Waals surface area contributed by atoms with Crippen LogP contribution < -0.4 is 10.1 Å². The van der Waals surface area contributed by atoms with Crippen LogP contribution in [0.2, 0.25) is 0 Å². The molecule has 1 fully saturated rings. The molecule has 2 N–H and O–H groups in total. The molecule has 42 heavy (non-hydrogen) atoms. The quantitative estimate of drug-likeness (QED) is 0.271. The molecule has 3 aromatic rings. The van der Waals surface area contributed by atoms with Crippen molar-refractivity contribution in [3.8, 4) is 16.2 Å². The van der Waals surface area contributed by atoms with Crippen molar-refractivity contribution < 1.29 is 42.1 Å². The Hall–Kier alpha value is -2.98. The van der Waals surface area contributed by atoms with E-state index in [0.29, 0.717) is 35.3 Å². The molecule has 4 rings (SSSR count). The SMILES string of the molecule is CCS(=O)(=O)N1CCC(Nc2cccc(-c3sc(C(=O)OC)c(OCC(=O)OC)c3Br)c2)CC1.O=C(O)c1cccs1. The van der Waals surface area contributed by atoms with Crippen molar-refractivity contribution in [2.24, 2.45) is 0 Å². The highest BCUT2D eigenvalue weighted by molar-refractivity contribution is 9.10. The predicted octanol–water partition coefficient (Wildman–Crippen LogP) is 5.19. The first-order valence-electron chi connectivity index (χ1n) is 12.7. The van der Waals surface area contributed by atoms with Gasteiger partial charge in [0.1, 0.15) is 4.88 Å². The molecule has 0 radical (unpaired) electrons. The number of anilines is 1. The molecule has 0 spiro atoms. The highest BCUT2D eigenvalue weighted by atomic mass is 79.9. The molecule has 11 nitrogen and oxygen atoms in total. The average molecular weight is 704 g/mol. The fraction of sp³-hybridized carbons (Fsp3) is 0.370. The second-order valence-electron chi connectivity index (χ2n) is 8.84. The molecule has 228 valence electrons. The van der Waals surface area contributed by atoms with Crippen LogP contribution >= 0.6 is 38.6 Å². The number of halogens is 1. The number of carboxylic acid groups (broad SMARTS) is 1. The lowest BCUT2D eigenvalue weighted by Gasteiger charge is -2.32. The molecule has 1 aromatic carbocycles. The van der Waals surface area contributed by atoms with Crippen molar-refractivity contribution in [3.63, 3.8) is 0 Å². The Morgan fingerprint density at radius 2 is 1.83 bits per heavy atom. The zero-order valence-corrected chi connectivity index (χ0v) is 27.2. The molecule has 1 saturated heterocycles. The first-order chi connectivity index (χ1) is 20.0. The zero-order valence-electron chi connectivity index (χ0n) is 23.1. The molecule has 3 heterocycles. The third-order valence-electron chi connectivity index (χ3n) is 6.18. The van der Waals surface area contributed by atoms with Crippen molar-refractivity contribution in [2.45, 2.75) is 25.8 Å². The summed E-state index contributed by atoms with van der Waals surface area (Å²) in [6, 6.07) is 11.1. The zero-order chi connectivity index (χ0) is 30.9. The number of rotatable bonds is 10. The van der Waals surface area contributed by atoms with E-state index < -0.39 is 27.9 Å². The van der Waals surface area contributed by atoms with E-state index in [-0.39, 0.29) is 29.0 Å². The number of sulfonamides is 1. The third-order valence-corrected chi connectivity index (χ3v) is 11.1. The second-order valence-corrected chi connectivity index (χ2v) is 13.9. The van der Waals surface area contributed by atoms with Gasteiger partial charge in [0.2, 0.25) is 10.0 Å². The summed E-state index contributed by atoms with van der Waals surface area (Å²) in [6.07, 6.45) is 1.42. The molecular weight excluding hydrogens is 672 g/mol. The predicted molar refractivity (Wildman–Crippen MR) is 165 cm³/mol. The maximum atomic E-state index is 12.3. The summed E-state index contributed by atoms with van der Waals surface area (Å²) in [5.41, 5.74) is 1.72. The fourth-order valence-corrected chi connectivity index (χ4v) is 7.64. The molecule has 0 atom stereocenters. The van der Waals surface area contributed by atoms with E-state index in [1.165, 1.54) is 36.9 Å². The summed E-state index contributed by atoms with van der Waals surface area (Å²) in [5, 5.41) is 13.5. The van der Waals surface area contributed by atoms with E-state index in [1.54, 1.807) is 28.7 Å². The van der Waals surface area contributed by atoms with E-state index in [0.717, 1.165) is 16.1 Å². The van der Waals surface area contributed by atoms with Crippen molar-refractivity contribution >= 4 is 72.2 Å². The first kappa shape index (κ1) is 33.5. The van der Waals surface area contributed by atoms with E-state index in [4.69, 9.17) is 14.6 Å². The molecule has 0 aliphatic carbocycles. The van der Waals surface area contributed by atoms with Crippen LogP contribution in [0.4, 0.5) is 5.69 Å². The number of nitrogens with zero attached hydrogens (tertiary/aromatic N) is 1. The number of carbonyl (C=O) groups excluding carboxylic acids is 2. The van der Waals surface area contributed by atoms with Gasteiger partial charge in [-0.2, -0.15) is 0 Å². The minimum atomic E-state index is -3.16. The summed E-state index contributed by atoms with van der Waals surface area (Å²) >= 11 is 5.93. The largest absolute Gasteiger partial charge is 0.479 e. The van der Waals surface area contributed by atoms with Gasteiger partial charge in [-0.3, -0.25) is 0 Å². The first-order valence-corrected chi connectivity index (χ1v) is 16.8. The maximum absolute atomic E-state index is 12.3. The van der Waals surface area contributed by atoms with E-state index in [1.807, 2.05) is 24.3 Å². The van der Waals surface area contributed by atoms with Gasteiger partial charge in [-0.25, -0.2) is 27.1 Å². The number of carbonyl (C=O) groups is 3. The van der Waals surface area contributed by atoms with Crippen LogP contribution in [-0.4, -0.2) is 81.4 Å². The van der Waals surface area contributed by atoms with Gasteiger partial charge in [-0.1, -0.05) is 18.2 Å². The molecule has 1 aliphatic rings. The number of methoxy groups -OCH3 is 2. The topological polar surface area (TPSA) is 149 Å². The van der Waals surface area contributed by atoms with Crippen molar-refractivity contribution in [2.75, 3.05) is 45.0 Å². The van der Waals surface area contributed by atoms with Gasteiger partial charge in [0.05, 0.1) is 29.3 Å². The molecule has 2 aromatic heterocycles. The average Bonchev–Trinajstić information content (AvgIpc) is 3.65. The summed E-state index contributed by atoms with van der Waals surface area (Å²) in [7, 11) is -0.630. The lowest BCUT2D eigenvalue weighted by molar-refractivity contribution is -0.142. The van der Waals surface area contributed by atoms with Crippen molar-refractivity contribution in [1.82, 2.24) is 4.31 Å². The van der Waals surface area contributed by atoms with Crippen LogP contribution in [-0.2, 0) is 24.3 Å². The van der Waals surface area contributed by atoms with Crippen LogP contribution in [0.25, 0.3) is 10.4 Å². The monoisotopic (exact) mass is 702 g/mol. The summed E-state index contributed by atoms with van der Waals surface area (Å²) in [5.74, 6) is -1.65. The molecule has 0 unspecified atom stereocenters. The maximum Gasteiger partial charge on any atom is 0.351 e. The lowest BCUT2D eigenvalue weighted by atomic mass is 10.1. The van der Waals surface area contributed by atoms with Crippen LogP contribution in [0.3, 0.4) is 0 Å². The number of piperidine rings is 1. The minimum Gasteiger partial charge on any atom is -0.479 e. The summed E-state index contributed by atoms with van der Waals surface area (Å²) in [4.78, 5) is 35.3. The molecule has 15 heteroatoms. The Morgan fingerprint density at radius 1 is 1.12 bits per heavy atom. The number of esters is 2. The number of aromatic carboxylic acids is 1. The Morgan fingerprint density at radius 3 is 2.38 bits per heavy atom. The Labute approximate surface area is 260 Å². The van der Waals surface area contributed by atoms with Gasteiger partial charge in [0.15, 0.2) is 17.2 Å². The molecule has 1 aliphatic heterocycles. The number of nitrogens with one attached hydrogen (secondary N) is 1.